The molecule has 9 aromatic rings. The zero-order chi connectivity index (χ0) is 41.5. The molecular weight excluding hydrogens is 747 g/mol. The molecule has 1 nitrogen and oxygen atoms in total. The van der Waals surface area contributed by atoms with Crippen molar-refractivity contribution in [2.24, 2.45) is 0 Å². The maximum absolute atomic E-state index is 2.53. The van der Waals surface area contributed by atoms with E-state index in [4.69, 9.17) is 0 Å². The molecule has 4 aliphatic rings. The molecule has 0 saturated heterocycles. The van der Waals surface area contributed by atoms with Crippen LogP contribution in [0.15, 0.2) is 200 Å². The summed E-state index contributed by atoms with van der Waals surface area (Å²) in [7, 11) is 0. The van der Waals surface area contributed by atoms with Gasteiger partial charge in [0.15, 0.2) is 0 Å². The minimum Gasteiger partial charge on any atom is -0.310 e. The Kier molecular flexibility index (Phi) is 7.12. The predicted molar refractivity (Wildman–Crippen MR) is 258 cm³/mol. The van der Waals surface area contributed by atoms with Gasteiger partial charge in [0, 0.05) is 27.8 Å². The summed E-state index contributed by atoms with van der Waals surface area (Å²) in [5.41, 5.74) is 26.9. The average Bonchev–Trinajstić information content (AvgIpc) is 3.95. The second kappa shape index (κ2) is 12.4. The lowest BCUT2D eigenvalue weighted by atomic mass is 9.70. The summed E-state index contributed by atoms with van der Waals surface area (Å²) in [6, 6.07) is 75.9. The van der Waals surface area contributed by atoms with Crippen LogP contribution in [0.2, 0.25) is 0 Å². The molecule has 0 fully saturated rings. The van der Waals surface area contributed by atoms with E-state index in [0.717, 1.165) is 11.4 Å². The summed E-state index contributed by atoms with van der Waals surface area (Å²) in [6.07, 6.45) is 0. The van der Waals surface area contributed by atoms with Crippen molar-refractivity contribution in [2.45, 2.75) is 43.9 Å². The minimum absolute atomic E-state index is 0.0175. The van der Waals surface area contributed by atoms with Gasteiger partial charge in [-0.3, -0.25) is 0 Å². The second-order valence-corrected chi connectivity index (χ2v) is 18.8. The van der Waals surface area contributed by atoms with Crippen molar-refractivity contribution >= 4 is 17.1 Å². The zero-order valence-corrected chi connectivity index (χ0v) is 35.5. The van der Waals surface area contributed by atoms with Gasteiger partial charge in [0.05, 0.1) is 11.1 Å². The highest BCUT2D eigenvalue weighted by Gasteiger charge is 2.52. The highest BCUT2D eigenvalue weighted by Crippen LogP contribution is 2.64. The van der Waals surface area contributed by atoms with Gasteiger partial charge in [-0.25, -0.2) is 0 Å². The van der Waals surface area contributed by atoms with Crippen molar-refractivity contribution in [3.63, 3.8) is 0 Å². The molecule has 0 radical (unpaired) electrons. The van der Waals surface area contributed by atoms with Crippen LogP contribution >= 0.6 is 0 Å². The fraction of sp³-hybridized carbons (Fsp3) is 0.115. The number of nitrogens with zero attached hydrogens (tertiary/aromatic N) is 1. The van der Waals surface area contributed by atoms with Gasteiger partial charge < -0.3 is 4.90 Å². The predicted octanol–water partition coefficient (Wildman–Crippen LogP) is 15.8. The van der Waals surface area contributed by atoms with Crippen molar-refractivity contribution in [2.75, 3.05) is 4.90 Å². The molecule has 0 aromatic heterocycles. The van der Waals surface area contributed by atoms with Crippen molar-refractivity contribution < 1.29 is 0 Å². The molecular formula is C61H45N. The molecule has 0 heterocycles. The van der Waals surface area contributed by atoms with E-state index in [1.807, 2.05) is 0 Å². The zero-order valence-electron chi connectivity index (χ0n) is 35.5. The first-order chi connectivity index (χ1) is 30.3. The Bertz CT molecular complexity index is 3300. The third-order valence-electron chi connectivity index (χ3n) is 15.1. The minimum atomic E-state index is -0.432. The van der Waals surface area contributed by atoms with Gasteiger partial charge >= 0.3 is 0 Å². The van der Waals surface area contributed by atoms with Crippen LogP contribution in [0.4, 0.5) is 17.1 Å². The smallest absolute Gasteiger partial charge is 0.0726 e. The van der Waals surface area contributed by atoms with Crippen LogP contribution in [0, 0.1) is 0 Å². The molecule has 0 saturated carbocycles. The highest BCUT2D eigenvalue weighted by molar-refractivity contribution is 5.99. The molecule has 1 spiro atoms. The Hall–Kier alpha value is -7.22. The molecule has 9 aromatic carbocycles. The molecule has 0 amide bonds. The Morgan fingerprint density at radius 1 is 0.290 bits per heavy atom. The van der Waals surface area contributed by atoms with Crippen molar-refractivity contribution in [1.82, 2.24) is 0 Å². The molecule has 0 unspecified atom stereocenters. The van der Waals surface area contributed by atoms with Crippen molar-refractivity contribution in [3.8, 4) is 55.6 Å². The molecule has 1 heteroatoms. The van der Waals surface area contributed by atoms with Crippen LogP contribution in [0.1, 0.15) is 72.2 Å². The largest absolute Gasteiger partial charge is 0.310 e. The summed E-state index contributed by atoms with van der Waals surface area (Å²) < 4.78 is 0. The molecule has 4 aliphatic carbocycles. The van der Waals surface area contributed by atoms with Crippen LogP contribution in [-0.2, 0) is 16.2 Å². The summed E-state index contributed by atoms with van der Waals surface area (Å²) in [6.45, 7) is 9.46. The van der Waals surface area contributed by atoms with Crippen LogP contribution in [0.25, 0.3) is 55.6 Å². The van der Waals surface area contributed by atoms with Crippen LogP contribution < -0.4 is 4.90 Å². The van der Waals surface area contributed by atoms with Gasteiger partial charge in [-0.1, -0.05) is 191 Å². The quantitative estimate of drug-likeness (QED) is 0.172. The number of hydrogen-bond donors (Lipinski definition) is 0. The van der Waals surface area contributed by atoms with Gasteiger partial charge in [0.1, 0.15) is 0 Å². The third kappa shape index (κ3) is 4.48. The van der Waals surface area contributed by atoms with Gasteiger partial charge in [-0.05, 0) is 131 Å². The number of fused-ring (bicyclic) bond motifs is 16. The highest BCUT2D eigenvalue weighted by atomic mass is 15.1. The Labute approximate surface area is 364 Å². The number of rotatable bonds is 4. The number of benzene rings is 9. The van der Waals surface area contributed by atoms with Gasteiger partial charge in [-0.2, -0.15) is 0 Å². The lowest BCUT2D eigenvalue weighted by molar-refractivity contribution is 0.660. The summed E-state index contributed by atoms with van der Waals surface area (Å²) in [5.74, 6) is 0. The molecule has 0 bridgehead atoms. The van der Waals surface area contributed by atoms with Gasteiger partial charge in [-0.15, -0.1) is 0 Å². The molecule has 0 atom stereocenters. The third-order valence-corrected chi connectivity index (χ3v) is 15.1. The van der Waals surface area contributed by atoms with Crippen LogP contribution in [0.5, 0.6) is 0 Å². The van der Waals surface area contributed by atoms with Crippen molar-refractivity contribution in [3.05, 3.63) is 245 Å². The Morgan fingerprint density at radius 2 is 0.726 bits per heavy atom. The first-order valence-corrected chi connectivity index (χ1v) is 22.1. The lowest BCUT2D eigenvalue weighted by Gasteiger charge is -2.33. The van der Waals surface area contributed by atoms with Gasteiger partial charge in [0.25, 0.3) is 0 Å². The molecule has 62 heavy (non-hydrogen) atoms. The average molecular weight is 792 g/mol. The molecule has 13 rings (SSSR count). The fourth-order valence-corrected chi connectivity index (χ4v) is 12.3. The first kappa shape index (κ1) is 35.5. The number of hydrogen-bond acceptors (Lipinski definition) is 1. The SMILES string of the molecule is CC1(C)c2ccccc2-c2cc(-c3ccc(N(c4ccc5c(c4)C4(c6ccccc6-c6ccccc64)c4ccccc4-5)c4cccc5c4-c4ccccc4C5(C)C)cc3)ccc21. The topological polar surface area (TPSA) is 3.24 Å². The van der Waals surface area contributed by atoms with E-state index in [1.165, 1.54) is 106 Å². The van der Waals surface area contributed by atoms with Crippen LogP contribution in [-0.4, -0.2) is 0 Å². The molecule has 294 valence electrons. The molecule has 0 aliphatic heterocycles. The van der Waals surface area contributed by atoms with E-state index in [-0.39, 0.29) is 10.8 Å². The maximum atomic E-state index is 2.53. The van der Waals surface area contributed by atoms with E-state index >= 15 is 0 Å². The normalized spacial score (nSPS) is 15.5. The first-order valence-electron chi connectivity index (χ1n) is 22.1. The van der Waals surface area contributed by atoms with Crippen molar-refractivity contribution in [1.29, 1.82) is 0 Å². The van der Waals surface area contributed by atoms with Crippen LogP contribution in [0.3, 0.4) is 0 Å². The van der Waals surface area contributed by atoms with E-state index in [2.05, 4.69) is 233 Å². The van der Waals surface area contributed by atoms with E-state index in [1.54, 1.807) is 0 Å². The Balaban J connectivity index is 1.03. The standard InChI is InChI=1S/C61H45N/c1-59(2)49-21-10-5-19-45(49)48-36-39(30-35-51(48)59)38-28-31-40(32-29-38)62(57-27-15-26-55-58(57)47-20-9-11-22-50(47)60(55,3)4)41-33-34-46-44-18-8-14-25-54(44)61(56(46)37-41)52-23-12-6-16-42(52)43-17-7-13-24-53(43)61/h5-37H,1-4H3. The monoisotopic (exact) mass is 791 g/mol. The summed E-state index contributed by atoms with van der Waals surface area (Å²) >= 11 is 0. The van der Waals surface area contributed by atoms with E-state index < -0.39 is 5.41 Å². The van der Waals surface area contributed by atoms with E-state index in [9.17, 15) is 0 Å². The second-order valence-electron chi connectivity index (χ2n) is 18.8. The summed E-state index contributed by atoms with van der Waals surface area (Å²) in [5, 5.41) is 0. The Morgan fingerprint density at radius 3 is 1.34 bits per heavy atom. The summed E-state index contributed by atoms with van der Waals surface area (Å²) in [4.78, 5) is 2.53. The molecule has 0 N–H and O–H groups in total. The lowest BCUT2D eigenvalue weighted by Crippen LogP contribution is -2.26. The fourth-order valence-electron chi connectivity index (χ4n) is 12.3. The van der Waals surface area contributed by atoms with Gasteiger partial charge in [0.2, 0.25) is 0 Å². The van der Waals surface area contributed by atoms with E-state index in [0.29, 0.717) is 0 Å². The maximum Gasteiger partial charge on any atom is 0.0726 e. The number of anilines is 3.